The minimum Gasteiger partial charge on any atom is -0.350 e. The van der Waals surface area contributed by atoms with E-state index in [1.807, 2.05) is 30.3 Å². The molecule has 1 atom stereocenters. The maximum atomic E-state index is 13.7. The highest BCUT2D eigenvalue weighted by molar-refractivity contribution is 5.80. The van der Waals surface area contributed by atoms with E-state index in [4.69, 9.17) is 0 Å². The predicted octanol–water partition coefficient (Wildman–Crippen LogP) is 1.91. The van der Waals surface area contributed by atoms with Crippen LogP contribution in [-0.4, -0.2) is 26.1 Å². The van der Waals surface area contributed by atoms with E-state index in [1.165, 1.54) is 17.1 Å². The Balaban J connectivity index is 1.73. The number of rotatable bonds is 6. The SMILES string of the molecule is O=C(NCc1ccccc1F)[C@@H](Cc1ccccc1)n1cnnn1. The molecule has 1 heterocycles. The first-order valence-corrected chi connectivity index (χ1v) is 7.51. The molecule has 7 heteroatoms. The quantitative estimate of drug-likeness (QED) is 0.751. The second-order valence-electron chi connectivity index (χ2n) is 5.30. The van der Waals surface area contributed by atoms with Crippen molar-refractivity contribution < 1.29 is 9.18 Å². The minimum atomic E-state index is -0.603. The fraction of sp³-hybridized carbons (Fsp3) is 0.176. The molecule has 1 amide bonds. The number of benzene rings is 2. The number of carbonyl (C=O) groups excluding carboxylic acids is 1. The molecule has 3 rings (SSSR count). The van der Waals surface area contributed by atoms with Gasteiger partial charge in [0.05, 0.1) is 0 Å². The first-order chi connectivity index (χ1) is 11.7. The fourth-order valence-corrected chi connectivity index (χ4v) is 2.40. The molecular weight excluding hydrogens is 309 g/mol. The van der Waals surface area contributed by atoms with Gasteiger partial charge in [-0.1, -0.05) is 48.5 Å². The van der Waals surface area contributed by atoms with Gasteiger partial charge in [-0.15, -0.1) is 5.10 Å². The van der Waals surface area contributed by atoms with E-state index in [0.29, 0.717) is 12.0 Å². The normalized spacial score (nSPS) is 11.9. The fourth-order valence-electron chi connectivity index (χ4n) is 2.40. The number of halogens is 1. The van der Waals surface area contributed by atoms with E-state index in [1.54, 1.807) is 18.2 Å². The van der Waals surface area contributed by atoms with E-state index in [0.717, 1.165) is 5.56 Å². The molecular formula is C17H16FN5O. The van der Waals surface area contributed by atoms with Crippen LogP contribution < -0.4 is 5.32 Å². The highest BCUT2D eigenvalue weighted by atomic mass is 19.1. The summed E-state index contributed by atoms with van der Waals surface area (Å²) < 4.78 is 15.1. The highest BCUT2D eigenvalue weighted by Gasteiger charge is 2.22. The second-order valence-corrected chi connectivity index (χ2v) is 5.30. The standard InChI is InChI=1S/C17H16FN5O/c18-15-9-5-4-8-14(15)11-19-17(24)16(23-12-20-21-22-23)10-13-6-2-1-3-7-13/h1-9,12,16H,10-11H2,(H,19,24)/t16-/m1/s1. The number of nitrogens with one attached hydrogen (secondary N) is 1. The van der Waals surface area contributed by atoms with Gasteiger partial charge in [-0.25, -0.2) is 9.07 Å². The number of hydrogen-bond acceptors (Lipinski definition) is 4. The van der Waals surface area contributed by atoms with Crippen molar-refractivity contribution in [1.29, 1.82) is 0 Å². The van der Waals surface area contributed by atoms with Crippen LogP contribution >= 0.6 is 0 Å². The van der Waals surface area contributed by atoms with Gasteiger partial charge < -0.3 is 5.32 Å². The van der Waals surface area contributed by atoms with Crippen molar-refractivity contribution in [2.24, 2.45) is 0 Å². The Morgan fingerprint density at radius 2 is 1.88 bits per heavy atom. The average molecular weight is 325 g/mol. The van der Waals surface area contributed by atoms with Crippen molar-refractivity contribution in [3.05, 3.63) is 77.9 Å². The maximum Gasteiger partial charge on any atom is 0.245 e. The Morgan fingerprint density at radius 1 is 1.12 bits per heavy atom. The Kier molecular flexibility index (Phi) is 4.90. The molecule has 0 unspecified atom stereocenters. The number of aromatic nitrogens is 4. The highest BCUT2D eigenvalue weighted by Crippen LogP contribution is 2.14. The van der Waals surface area contributed by atoms with E-state index in [9.17, 15) is 9.18 Å². The molecule has 0 saturated heterocycles. The molecule has 24 heavy (non-hydrogen) atoms. The van der Waals surface area contributed by atoms with Gasteiger partial charge in [0.15, 0.2) is 0 Å². The molecule has 0 aliphatic heterocycles. The summed E-state index contributed by atoms with van der Waals surface area (Å²) in [5.74, 6) is -0.616. The predicted molar refractivity (Wildman–Crippen MR) is 85.2 cm³/mol. The molecule has 0 bridgehead atoms. The zero-order chi connectivity index (χ0) is 16.8. The molecule has 3 aromatic rings. The molecule has 0 aliphatic rings. The van der Waals surface area contributed by atoms with Gasteiger partial charge >= 0.3 is 0 Å². The number of amides is 1. The molecule has 0 saturated carbocycles. The van der Waals surface area contributed by atoms with Crippen LogP contribution in [0.5, 0.6) is 0 Å². The smallest absolute Gasteiger partial charge is 0.245 e. The molecule has 0 spiro atoms. The van der Waals surface area contributed by atoms with Crippen LogP contribution in [0.15, 0.2) is 60.9 Å². The van der Waals surface area contributed by atoms with Crippen molar-refractivity contribution >= 4 is 5.91 Å². The van der Waals surface area contributed by atoms with Gasteiger partial charge in [-0.2, -0.15) is 0 Å². The number of carbonyl (C=O) groups is 1. The lowest BCUT2D eigenvalue weighted by Crippen LogP contribution is -2.34. The molecule has 0 aliphatic carbocycles. The van der Waals surface area contributed by atoms with Crippen molar-refractivity contribution in [2.75, 3.05) is 0 Å². The summed E-state index contributed by atoms with van der Waals surface area (Å²) in [4.78, 5) is 12.6. The lowest BCUT2D eigenvalue weighted by molar-refractivity contribution is -0.124. The van der Waals surface area contributed by atoms with E-state index < -0.39 is 6.04 Å². The summed E-state index contributed by atoms with van der Waals surface area (Å²) in [6.45, 7) is 0.110. The van der Waals surface area contributed by atoms with E-state index in [-0.39, 0.29) is 18.3 Å². The Hall–Kier alpha value is -3.09. The van der Waals surface area contributed by atoms with Crippen molar-refractivity contribution in [3.8, 4) is 0 Å². The lowest BCUT2D eigenvalue weighted by atomic mass is 10.1. The average Bonchev–Trinajstić information content (AvgIpc) is 3.14. The summed E-state index contributed by atoms with van der Waals surface area (Å²) in [5.41, 5.74) is 1.42. The van der Waals surface area contributed by atoms with Crippen molar-refractivity contribution in [2.45, 2.75) is 19.0 Å². The van der Waals surface area contributed by atoms with Gasteiger partial charge in [-0.3, -0.25) is 4.79 Å². The maximum absolute atomic E-state index is 13.7. The second kappa shape index (κ2) is 7.45. The Bertz CT molecular complexity index is 792. The van der Waals surface area contributed by atoms with Crippen LogP contribution in [0, 0.1) is 5.82 Å². The van der Waals surface area contributed by atoms with E-state index in [2.05, 4.69) is 20.8 Å². The van der Waals surface area contributed by atoms with Gasteiger partial charge in [0.2, 0.25) is 5.91 Å². The number of hydrogen-bond donors (Lipinski definition) is 1. The van der Waals surface area contributed by atoms with Gasteiger partial charge in [-0.05, 0) is 22.1 Å². The summed E-state index contributed by atoms with van der Waals surface area (Å²) >= 11 is 0. The third-order valence-corrected chi connectivity index (χ3v) is 3.67. The largest absolute Gasteiger partial charge is 0.350 e. The first kappa shape index (κ1) is 15.8. The molecule has 6 nitrogen and oxygen atoms in total. The van der Waals surface area contributed by atoms with Crippen LogP contribution in [0.1, 0.15) is 17.2 Å². The summed E-state index contributed by atoms with van der Waals surface area (Å²) in [6, 6.07) is 15.3. The van der Waals surface area contributed by atoms with E-state index >= 15 is 0 Å². The van der Waals surface area contributed by atoms with Gasteiger partial charge in [0.1, 0.15) is 18.2 Å². The molecule has 0 fully saturated rings. The van der Waals surface area contributed by atoms with Crippen LogP contribution in [0.3, 0.4) is 0 Å². The Morgan fingerprint density at radius 3 is 2.58 bits per heavy atom. The lowest BCUT2D eigenvalue weighted by Gasteiger charge is -2.16. The number of nitrogens with zero attached hydrogens (tertiary/aromatic N) is 4. The molecule has 2 aromatic carbocycles. The zero-order valence-corrected chi connectivity index (χ0v) is 12.8. The van der Waals surface area contributed by atoms with Crippen LogP contribution in [0.2, 0.25) is 0 Å². The van der Waals surface area contributed by atoms with Crippen LogP contribution in [0.4, 0.5) is 4.39 Å². The van der Waals surface area contributed by atoms with Crippen LogP contribution in [-0.2, 0) is 17.8 Å². The number of tetrazole rings is 1. The molecule has 122 valence electrons. The van der Waals surface area contributed by atoms with Gasteiger partial charge in [0.25, 0.3) is 0 Å². The summed E-state index contributed by atoms with van der Waals surface area (Å²) in [7, 11) is 0. The minimum absolute atomic E-state index is 0.110. The summed E-state index contributed by atoms with van der Waals surface area (Å²) in [6.07, 6.45) is 1.84. The van der Waals surface area contributed by atoms with Crippen LogP contribution in [0.25, 0.3) is 0 Å². The molecule has 0 radical (unpaired) electrons. The van der Waals surface area contributed by atoms with Gasteiger partial charge in [0, 0.05) is 18.5 Å². The summed E-state index contributed by atoms with van der Waals surface area (Å²) in [5, 5.41) is 13.8. The Labute approximate surface area is 138 Å². The van der Waals surface area contributed by atoms with Crippen molar-refractivity contribution in [1.82, 2.24) is 25.5 Å². The monoisotopic (exact) mass is 325 g/mol. The first-order valence-electron chi connectivity index (χ1n) is 7.51. The molecule has 1 N–H and O–H groups in total. The third-order valence-electron chi connectivity index (χ3n) is 3.67. The third kappa shape index (κ3) is 3.81. The zero-order valence-electron chi connectivity index (χ0n) is 12.8. The van der Waals surface area contributed by atoms with Crippen molar-refractivity contribution in [3.63, 3.8) is 0 Å². The molecule has 1 aromatic heterocycles. The topological polar surface area (TPSA) is 72.7 Å².